The first-order valence-corrected chi connectivity index (χ1v) is 5.49. The van der Waals surface area contributed by atoms with E-state index in [1.807, 2.05) is 0 Å². The van der Waals surface area contributed by atoms with E-state index >= 15 is 0 Å². The normalized spacial score (nSPS) is 10.3. The van der Waals surface area contributed by atoms with Crippen LogP contribution in [-0.4, -0.2) is 32.3 Å². The zero-order valence-electron chi connectivity index (χ0n) is 9.50. The van der Waals surface area contributed by atoms with Crippen LogP contribution in [0.1, 0.15) is 17.3 Å². The molecule has 0 aliphatic rings. The standard InChI is InChI=1S/C10H10ClN5O2/c1-2-18-9(17)6-3-14-16(5-6)8-7(12)4-13-10(11)15-8/h3-5H,2,12H2,1H3. The number of carbonyl (C=O) groups is 1. The molecule has 0 saturated heterocycles. The topological polar surface area (TPSA) is 95.9 Å². The van der Waals surface area contributed by atoms with Gasteiger partial charge >= 0.3 is 5.97 Å². The number of rotatable bonds is 3. The Labute approximate surface area is 108 Å². The minimum absolute atomic E-state index is 0.0485. The Balaban J connectivity index is 2.35. The molecule has 0 spiro atoms. The van der Waals surface area contributed by atoms with Gasteiger partial charge in [0.05, 0.1) is 30.3 Å². The maximum Gasteiger partial charge on any atom is 0.341 e. The van der Waals surface area contributed by atoms with Crippen LogP contribution in [0.5, 0.6) is 0 Å². The average Bonchev–Trinajstić information content (AvgIpc) is 2.82. The lowest BCUT2D eigenvalue weighted by molar-refractivity contribution is 0.0526. The summed E-state index contributed by atoms with van der Waals surface area (Å²) in [5.41, 5.74) is 6.32. The molecule has 8 heteroatoms. The second-order valence-electron chi connectivity index (χ2n) is 3.31. The summed E-state index contributed by atoms with van der Waals surface area (Å²) in [5.74, 6) is -0.145. The average molecular weight is 268 g/mol. The Hall–Kier alpha value is -2.15. The summed E-state index contributed by atoms with van der Waals surface area (Å²) in [4.78, 5) is 19.1. The van der Waals surface area contributed by atoms with Crippen molar-refractivity contribution in [3.8, 4) is 5.82 Å². The molecule has 0 atom stereocenters. The number of nitrogens with two attached hydrogens (primary N) is 1. The van der Waals surface area contributed by atoms with Gasteiger partial charge in [0.25, 0.3) is 0 Å². The third-order valence-corrected chi connectivity index (χ3v) is 2.26. The fourth-order valence-electron chi connectivity index (χ4n) is 1.30. The van der Waals surface area contributed by atoms with Gasteiger partial charge in [-0.25, -0.2) is 14.5 Å². The third-order valence-electron chi connectivity index (χ3n) is 2.08. The van der Waals surface area contributed by atoms with E-state index in [-0.39, 0.29) is 5.28 Å². The zero-order chi connectivity index (χ0) is 13.1. The molecular formula is C10H10ClN5O2. The predicted molar refractivity (Wildman–Crippen MR) is 64.5 cm³/mol. The second kappa shape index (κ2) is 5.01. The first-order valence-electron chi connectivity index (χ1n) is 5.12. The van der Waals surface area contributed by atoms with E-state index in [1.54, 1.807) is 6.92 Å². The van der Waals surface area contributed by atoms with Crippen molar-refractivity contribution in [3.63, 3.8) is 0 Å². The van der Waals surface area contributed by atoms with Crippen LogP contribution in [0.15, 0.2) is 18.6 Å². The summed E-state index contributed by atoms with van der Waals surface area (Å²) in [6.07, 6.45) is 4.21. The highest BCUT2D eigenvalue weighted by atomic mass is 35.5. The van der Waals surface area contributed by atoms with Gasteiger partial charge in [-0.3, -0.25) is 0 Å². The quantitative estimate of drug-likeness (QED) is 0.660. The number of halogens is 1. The lowest BCUT2D eigenvalue weighted by Crippen LogP contribution is -2.05. The monoisotopic (exact) mass is 267 g/mol. The Bertz CT molecular complexity index is 583. The molecule has 2 N–H and O–H groups in total. The molecule has 0 amide bonds. The van der Waals surface area contributed by atoms with E-state index in [9.17, 15) is 4.79 Å². The molecule has 0 aromatic carbocycles. The molecule has 2 heterocycles. The van der Waals surface area contributed by atoms with Gasteiger partial charge in [0, 0.05) is 6.20 Å². The molecule has 0 unspecified atom stereocenters. The zero-order valence-corrected chi connectivity index (χ0v) is 10.3. The van der Waals surface area contributed by atoms with Gasteiger partial charge in [-0.05, 0) is 18.5 Å². The van der Waals surface area contributed by atoms with E-state index in [0.29, 0.717) is 23.7 Å². The van der Waals surface area contributed by atoms with Crippen molar-refractivity contribution in [1.82, 2.24) is 19.7 Å². The van der Waals surface area contributed by atoms with E-state index < -0.39 is 5.97 Å². The maximum absolute atomic E-state index is 11.5. The van der Waals surface area contributed by atoms with Gasteiger partial charge in [0.1, 0.15) is 0 Å². The number of ether oxygens (including phenoxy) is 1. The van der Waals surface area contributed by atoms with Crippen LogP contribution in [-0.2, 0) is 4.74 Å². The van der Waals surface area contributed by atoms with Crippen LogP contribution < -0.4 is 5.73 Å². The van der Waals surface area contributed by atoms with Crippen molar-refractivity contribution in [2.45, 2.75) is 6.92 Å². The van der Waals surface area contributed by atoms with Crippen LogP contribution >= 0.6 is 11.6 Å². The third kappa shape index (κ3) is 2.40. The van der Waals surface area contributed by atoms with Crippen molar-refractivity contribution < 1.29 is 9.53 Å². The molecule has 0 bridgehead atoms. The number of nitrogen functional groups attached to an aromatic ring is 1. The maximum atomic E-state index is 11.5. The summed E-state index contributed by atoms with van der Waals surface area (Å²) in [7, 11) is 0. The molecule has 18 heavy (non-hydrogen) atoms. The molecule has 2 aromatic rings. The Morgan fingerprint density at radius 2 is 2.33 bits per heavy atom. The summed E-state index contributed by atoms with van der Waals surface area (Å²) in [6.45, 7) is 2.02. The van der Waals surface area contributed by atoms with Gasteiger partial charge in [-0.2, -0.15) is 10.1 Å². The first-order chi connectivity index (χ1) is 8.61. The van der Waals surface area contributed by atoms with Crippen molar-refractivity contribution in [3.05, 3.63) is 29.4 Å². The minimum Gasteiger partial charge on any atom is -0.462 e. The number of aromatic nitrogens is 4. The van der Waals surface area contributed by atoms with Crippen molar-refractivity contribution in [2.24, 2.45) is 0 Å². The van der Waals surface area contributed by atoms with Gasteiger partial charge in [-0.15, -0.1) is 0 Å². The van der Waals surface area contributed by atoms with Crippen LogP contribution in [0.3, 0.4) is 0 Å². The van der Waals surface area contributed by atoms with Gasteiger partial charge in [-0.1, -0.05) is 0 Å². The molecule has 0 aliphatic heterocycles. The lowest BCUT2D eigenvalue weighted by Gasteiger charge is -2.03. The highest BCUT2D eigenvalue weighted by Crippen LogP contribution is 2.15. The first kappa shape index (κ1) is 12.3. The van der Waals surface area contributed by atoms with E-state index in [4.69, 9.17) is 22.1 Å². The second-order valence-corrected chi connectivity index (χ2v) is 3.65. The highest BCUT2D eigenvalue weighted by Gasteiger charge is 2.12. The smallest absolute Gasteiger partial charge is 0.341 e. The van der Waals surface area contributed by atoms with Gasteiger partial charge < -0.3 is 10.5 Å². The summed E-state index contributed by atoms with van der Waals surface area (Å²) >= 11 is 5.68. The lowest BCUT2D eigenvalue weighted by atomic mass is 10.4. The largest absolute Gasteiger partial charge is 0.462 e. The molecule has 0 fully saturated rings. The molecular weight excluding hydrogens is 258 g/mol. The molecule has 0 aliphatic carbocycles. The van der Waals surface area contributed by atoms with Crippen molar-refractivity contribution >= 4 is 23.3 Å². The predicted octanol–water partition coefficient (Wildman–Crippen LogP) is 1.07. The van der Waals surface area contributed by atoms with Gasteiger partial charge in [0.2, 0.25) is 5.28 Å². The Morgan fingerprint density at radius 1 is 1.56 bits per heavy atom. The molecule has 2 rings (SSSR count). The molecule has 2 aromatic heterocycles. The molecule has 7 nitrogen and oxygen atoms in total. The molecule has 94 valence electrons. The number of carbonyl (C=O) groups excluding carboxylic acids is 1. The highest BCUT2D eigenvalue weighted by molar-refractivity contribution is 6.28. The van der Waals surface area contributed by atoms with Crippen molar-refractivity contribution in [1.29, 1.82) is 0 Å². The Kier molecular flexibility index (Phi) is 3.42. The Morgan fingerprint density at radius 3 is 3.06 bits per heavy atom. The van der Waals surface area contributed by atoms with Crippen LogP contribution in [0.4, 0.5) is 5.69 Å². The van der Waals surface area contributed by atoms with Crippen LogP contribution in [0.2, 0.25) is 5.28 Å². The molecule has 0 saturated carbocycles. The summed E-state index contributed by atoms with van der Waals surface area (Å²) in [5, 5.41) is 4.03. The SMILES string of the molecule is CCOC(=O)c1cnn(-c2nc(Cl)ncc2N)c1. The number of hydrogen-bond acceptors (Lipinski definition) is 6. The van der Waals surface area contributed by atoms with Gasteiger partial charge in [0.15, 0.2) is 5.82 Å². The summed E-state index contributed by atoms with van der Waals surface area (Å²) in [6, 6.07) is 0. The number of esters is 1. The van der Waals surface area contributed by atoms with Crippen LogP contribution in [0, 0.1) is 0 Å². The number of hydrogen-bond donors (Lipinski definition) is 1. The minimum atomic E-state index is -0.456. The summed E-state index contributed by atoms with van der Waals surface area (Å²) < 4.78 is 6.19. The number of nitrogens with zero attached hydrogens (tertiary/aromatic N) is 4. The van der Waals surface area contributed by atoms with E-state index in [0.717, 1.165) is 0 Å². The van der Waals surface area contributed by atoms with E-state index in [2.05, 4.69) is 15.1 Å². The van der Waals surface area contributed by atoms with Crippen LogP contribution in [0.25, 0.3) is 5.82 Å². The number of anilines is 1. The fraction of sp³-hybridized carbons (Fsp3) is 0.200. The van der Waals surface area contributed by atoms with Crippen molar-refractivity contribution in [2.75, 3.05) is 12.3 Å². The molecule has 0 radical (unpaired) electrons. The fourth-order valence-corrected chi connectivity index (χ4v) is 1.43. The van der Waals surface area contributed by atoms with E-state index in [1.165, 1.54) is 23.3 Å².